The maximum atomic E-state index is 12.3. The zero-order valence-electron chi connectivity index (χ0n) is 13.5. The van der Waals surface area contributed by atoms with Crippen molar-refractivity contribution in [1.82, 2.24) is 15.1 Å². The molecule has 0 radical (unpaired) electrons. The third-order valence-electron chi connectivity index (χ3n) is 3.58. The summed E-state index contributed by atoms with van der Waals surface area (Å²) in [7, 11) is 3.97. The van der Waals surface area contributed by atoms with Crippen LogP contribution >= 0.6 is 0 Å². The van der Waals surface area contributed by atoms with E-state index >= 15 is 0 Å². The Morgan fingerprint density at radius 1 is 1.30 bits per heavy atom. The molecule has 0 aromatic carbocycles. The molecule has 1 aliphatic rings. The van der Waals surface area contributed by atoms with Gasteiger partial charge in [0.1, 0.15) is 0 Å². The number of hydrogen-bond acceptors (Lipinski definition) is 3. The molecule has 2 amide bonds. The first-order valence-electron chi connectivity index (χ1n) is 7.43. The smallest absolute Gasteiger partial charge is 0.227 e. The van der Waals surface area contributed by atoms with Crippen LogP contribution in [0.5, 0.6) is 0 Å². The van der Waals surface area contributed by atoms with Crippen LogP contribution in [0.25, 0.3) is 0 Å². The van der Waals surface area contributed by atoms with Crippen molar-refractivity contribution in [2.75, 3.05) is 40.3 Å². The van der Waals surface area contributed by atoms with Crippen molar-refractivity contribution in [3.05, 3.63) is 0 Å². The molecule has 1 saturated heterocycles. The second-order valence-electron chi connectivity index (χ2n) is 6.93. The Bertz CT molecular complexity index is 348. The van der Waals surface area contributed by atoms with Crippen LogP contribution in [-0.4, -0.2) is 61.9 Å². The van der Waals surface area contributed by atoms with E-state index in [9.17, 15) is 9.59 Å². The molecule has 1 rings (SSSR count). The van der Waals surface area contributed by atoms with E-state index in [1.54, 1.807) is 0 Å². The lowest BCUT2D eigenvalue weighted by Crippen LogP contribution is -2.49. The number of nitrogens with one attached hydrogen (secondary N) is 1. The standard InChI is InChI=1S/C15H29N3O2/c1-15(2,3)14(20)18-9-6-7-12(11-18)13(19)16-8-10-17(4)5/h12H,6-11H2,1-5H3,(H,16,19). The number of nitrogens with zero attached hydrogens (tertiary/aromatic N) is 2. The summed E-state index contributed by atoms with van der Waals surface area (Å²) in [6.07, 6.45) is 1.79. The Kier molecular flexibility index (Phi) is 5.99. The molecule has 0 aromatic rings. The lowest BCUT2D eigenvalue weighted by molar-refractivity contribution is -0.142. The average Bonchev–Trinajstić information content (AvgIpc) is 2.36. The average molecular weight is 283 g/mol. The van der Waals surface area contributed by atoms with Crippen LogP contribution < -0.4 is 5.32 Å². The second kappa shape index (κ2) is 7.07. The summed E-state index contributed by atoms with van der Waals surface area (Å²) in [5.74, 6) is 0.166. The van der Waals surface area contributed by atoms with Gasteiger partial charge in [-0.05, 0) is 26.9 Å². The van der Waals surface area contributed by atoms with E-state index in [2.05, 4.69) is 5.32 Å². The minimum atomic E-state index is -0.372. The third-order valence-corrected chi connectivity index (χ3v) is 3.58. The van der Waals surface area contributed by atoms with Crippen LogP contribution in [0.2, 0.25) is 0 Å². The van der Waals surface area contributed by atoms with Crippen molar-refractivity contribution in [1.29, 1.82) is 0 Å². The van der Waals surface area contributed by atoms with E-state index in [4.69, 9.17) is 0 Å². The molecular weight excluding hydrogens is 254 g/mol. The number of likely N-dealkylation sites (tertiary alicyclic amines) is 1. The van der Waals surface area contributed by atoms with E-state index in [0.717, 1.165) is 25.9 Å². The molecule has 0 saturated carbocycles. The molecule has 5 heteroatoms. The third kappa shape index (κ3) is 5.12. The first-order chi connectivity index (χ1) is 9.21. The lowest BCUT2D eigenvalue weighted by atomic mass is 9.91. The Morgan fingerprint density at radius 3 is 2.50 bits per heavy atom. The van der Waals surface area contributed by atoms with E-state index in [0.29, 0.717) is 13.1 Å². The van der Waals surface area contributed by atoms with Gasteiger partial charge in [0.2, 0.25) is 11.8 Å². The zero-order chi connectivity index (χ0) is 15.3. The first-order valence-corrected chi connectivity index (χ1v) is 7.43. The molecule has 1 heterocycles. The quantitative estimate of drug-likeness (QED) is 0.836. The Morgan fingerprint density at radius 2 is 1.95 bits per heavy atom. The zero-order valence-corrected chi connectivity index (χ0v) is 13.5. The summed E-state index contributed by atoms with van der Waals surface area (Å²) in [4.78, 5) is 28.3. The normalized spacial score (nSPS) is 20.1. The summed E-state index contributed by atoms with van der Waals surface area (Å²) in [5, 5.41) is 2.96. The lowest BCUT2D eigenvalue weighted by Gasteiger charge is -2.35. The fourth-order valence-electron chi connectivity index (χ4n) is 2.40. The molecular formula is C15H29N3O2. The molecule has 1 unspecified atom stereocenters. The number of rotatable bonds is 4. The maximum absolute atomic E-state index is 12.3. The second-order valence-corrected chi connectivity index (χ2v) is 6.93. The Labute approximate surface area is 122 Å². The molecule has 1 aliphatic heterocycles. The van der Waals surface area contributed by atoms with Gasteiger partial charge in [-0.25, -0.2) is 0 Å². The molecule has 0 aliphatic carbocycles. The predicted octanol–water partition coefficient (Wildman–Crippen LogP) is 0.949. The van der Waals surface area contributed by atoms with Gasteiger partial charge in [-0.15, -0.1) is 0 Å². The van der Waals surface area contributed by atoms with Crippen molar-refractivity contribution in [2.45, 2.75) is 33.6 Å². The van der Waals surface area contributed by atoms with Crippen LogP contribution in [0.15, 0.2) is 0 Å². The molecule has 1 N–H and O–H groups in total. The molecule has 0 bridgehead atoms. The molecule has 0 aromatic heterocycles. The fourth-order valence-corrected chi connectivity index (χ4v) is 2.40. The minimum absolute atomic E-state index is 0.0581. The van der Waals surface area contributed by atoms with Crippen molar-refractivity contribution >= 4 is 11.8 Å². The molecule has 1 fully saturated rings. The van der Waals surface area contributed by atoms with Gasteiger partial charge >= 0.3 is 0 Å². The summed E-state index contributed by atoms with van der Waals surface area (Å²) in [6.45, 7) is 8.61. The molecule has 1 atom stereocenters. The largest absolute Gasteiger partial charge is 0.355 e. The topological polar surface area (TPSA) is 52.7 Å². The molecule has 116 valence electrons. The van der Waals surface area contributed by atoms with Crippen molar-refractivity contribution in [3.8, 4) is 0 Å². The van der Waals surface area contributed by atoms with Gasteiger partial charge in [-0.3, -0.25) is 9.59 Å². The number of piperidine rings is 1. The van der Waals surface area contributed by atoms with E-state index in [1.165, 1.54) is 0 Å². The molecule has 0 spiro atoms. The Balaban J connectivity index is 2.48. The fraction of sp³-hybridized carbons (Fsp3) is 0.867. The number of hydrogen-bond donors (Lipinski definition) is 1. The highest BCUT2D eigenvalue weighted by atomic mass is 16.2. The minimum Gasteiger partial charge on any atom is -0.355 e. The first kappa shape index (κ1) is 17.0. The van der Waals surface area contributed by atoms with Gasteiger partial charge in [-0.2, -0.15) is 0 Å². The highest BCUT2D eigenvalue weighted by Crippen LogP contribution is 2.23. The van der Waals surface area contributed by atoms with Gasteiger partial charge in [-0.1, -0.05) is 20.8 Å². The van der Waals surface area contributed by atoms with Gasteiger partial charge in [0.15, 0.2) is 0 Å². The number of carbonyl (C=O) groups is 2. The summed E-state index contributed by atoms with van der Waals surface area (Å²) >= 11 is 0. The number of amides is 2. The van der Waals surface area contributed by atoms with Crippen molar-refractivity contribution in [3.63, 3.8) is 0 Å². The summed E-state index contributed by atoms with van der Waals surface area (Å²) in [5.41, 5.74) is -0.372. The van der Waals surface area contributed by atoms with Crippen LogP contribution in [0.3, 0.4) is 0 Å². The number of likely N-dealkylation sites (N-methyl/N-ethyl adjacent to an activating group) is 1. The van der Waals surface area contributed by atoms with Gasteiger partial charge < -0.3 is 15.1 Å². The van der Waals surface area contributed by atoms with E-state index < -0.39 is 0 Å². The van der Waals surface area contributed by atoms with Crippen molar-refractivity contribution < 1.29 is 9.59 Å². The van der Waals surface area contributed by atoms with Crippen LogP contribution in [0.1, 0.15) is 33.6 Å². The monoisotopic (exact) mass is 283 g/mol. The highest BCUT2D eigenvalue weighted by Gasteiger charge is 2.33. The SMILES string of the molecule is CN(C)CCNC(=O)C1CCCN(C(=O)C(C)(C)C)C1. The van der Waals surface area contributed by atoms with Crippen molar-refractivity contribution in [2.24, 2.45) is 11.3 Å². The molecule has 20 heavy (non-hydrogen) atoms. The summed E-state index contributed by atoms with van der Waals surface area (Å²) < 4.78 is 0. The van der Waals surface area contributed by atoms with Gasteiger partial charge in [0, 0.05) is 31.6 Å². The van der Waals surface area contributed by atoms with Crippen LogP contribution in [0.4, 0.5) is 0 Å². The summed E-state index contributed by atoms with van der Waals surface area (Å²) in [6, 6.07) is 0. The van der Waals surface area contributed by atoms with E-state index in [1.807, 2.05) is 44.7 Å². The highest BCUT2D eigenvalue weighted by molar-refractivity contribution is 5.83. The van der Waals surface area contributed by atoms with E-state index in [-0.39, 0.29) is 23.1 Å². The van der Waals surface area contributed by atoms with Gasteiger partial charge in [0.05, 0.1) is 5.92 Å². The molecule has 5 nitrogen and oxygen atoms in total. The Hall–Kier alpha value is -1.10. The maximum Gasteiger partial charge on any atom is 0.227 e. The van der Waals surface area contributed by atoms with Crippen LogP contribution in [0, 0.1) is 11.3 Å². The van der Waals surface area contributed by atoms with Crippen LogP contribution in [-0.2, 0) is 9.59 Å². The van der Waals surface area contributed by atoms with Gasteiger partial charge in [0.25, 0.3) is 0 Å². The predicted molar refractivity (Wildman–Crippen MR) is 80.3 cm³/mol. The number of carbonyl (C=O) groups excluding carboxylic acids is 2.